The van der Waals surface area contributed by atoms with Gasteiger partial charge < -0.3 is 18.9 Å². The lowest BCUT2D eigenvalue weighted by molar-refractivity contribution is 1.16. The van der Waals surface area contributed by atoms with E-state index in [1.807, 2.05) is 0 Å². The van der Waals surface area contributed by atoms with Crippen molar-refractivity contribution in [1.82, 2.24) is 9.13 Å². The van der Waals surface area contributed by atoms with E-state index in [1.54, 1.807) is 0 Å². The van der Waals surface area contributed by atoms with Crippen molar-refractivity contribution in [3.8, 4) is 11.4 Å². The lowest BCUT2D eigenvalue weighted by atomic mass is 9.31. The molecule has 13 aromatic rings. The molecule has 0 saturated heterocycles. The van der Waals surface area contributed by atoms with Crippen LogP contribution in [0.15, 0.2) is 218 Å². The van der Waals surface area contributed by atoms with Gasteiger partial charge in [-0.15, -0.1) is 0 Å². The SMILES string of the molecule is c1ccc(N2c3ccccc3B3c4cc5c(cc4-n4c6cc7ccccc7cc6c6ccc2c3c64)B2c3ccccc3N(c3ccccc3)c3ccc4c6cc7ccccc7cc6n-5c4c32)cc1. The van der Waals surface area contributed by atoms with E-state index in [2.05, 4.69) is 237 Å². The second kappa shape index (κ2) is 12.6. The van der Waals surface area contributed by atoms with Crippen LogP contribution in [0, 0.1) is 0 Å². The summed E-state index contributed by atoms with van der Waals surface area (Å²) in [6.07, 6.45) is 0. The molecule has 0 bridgehead atoms. The lowest BCUT2D eigenvalue weighted by Gasteiger charge is -2.42. The molecule has 2 aromatic heterocycles. The molecule has 0 N–H and O–H groups in total. The number of hydrogen-bond donors (Lipinski definition) is 0. The van der Waals surface area contributed by atoms with Gasteiger partial charge in [0.1, 0.15) is 0 Å². The molecule has 4 aliphatic heterocycles. The van der Waals surface area contributed by atoms with E-state index in [9.17, 15) is 0 Å². The van der Waals surface area contributed by atoms with Gasteiger partial charge in [0.2, 0.25) is 0 Å². The number of anilines is 6. The third kappa shape index (κ3) is 4.30. The summed E-state index contributed by atoms with van der Waals surface area (Å²) in [7, 11) is 0. The van der Waals surface area contributed by atoms with Crippen molar-refractivity contribution in [3.63, 3.8) is 0 Å². The summed E-state index contributed by atoms with van der Waals surface area (Å²) in [6.45, 7) is -0.0102. The minimum Gasteiger partial charge on any atom is -0.311 e. The molecule has 0 radical (unpaired) electrons. The molecule has 68 heavy (non-hydrogen) atoms. The fraction of sp³-hybridized carbons (Fsp3) is 0. The second-order valence-electron chi connectivity index (χ2n) is 19.2. The van der Waals surface area contributed by atoms with Gasteiger partial charge in [0, 0.05) is 67.0 Å². The molecule has 0 amide bonds. The van der Waals surface area contributed by atoms with Crippen LogP contribution in [0.2, 0.25) is 0 Å². The topological polar surface area (TPSA) is 16.3 Å². The van der Waals surface area contributed by atoms with E-state index in [0.717, 1.165) is 0 Å². The van der Waals surface area contributed by atoms with Crippen molar-refractivity contribution in [2.75, 3.05) is 9.80 Å². The van der Waals surface area contributed by atoms with E-state index >= 15 is 0 Å². The maximum atomic E-state index is 2.66. The van der Waals surface area contributed by atoms with Crippen LogP contribution in [-0.4, -0.2) is 22.6 Å². The zero-order chi connectivity index (χ0) is 43.9. The van der Waals surface area contributed by atoms with Gasteiger partial charge in [-0.1, -0.05) is 133 Å². The number of benzene rings is 11. The van der Waals surface area contributed by atoms with E-state index in [1.165, 1.54) is 143 Å². The van der Waals surface area contributed by atoms with E-state index in [4.69, 9.17) is 0 Å². The monoisotopic (exact) mass is 858 g/mol. The first kappa shape index (κ1) is 35.5. The van der Waals surface area contributed by atoms with Gasteiger partial charge >= 0.3 is 0 Å². The van der Waals surface area contributed by atoms with Crippen LogP contribution in [0.5, 0.6) is 0 Å². The standard InChI is InChI=1S/C62H36B2N4/c1-3-19-41(20-4-1)65-51-25-13-11-23-47(51)63-49-35-58-50(36-57(49)67-55-33-39-17-9-7-15-37(39)31-45(55)43-27-29-53(65)59(63)61(43)67)64-48-24-12-14-26-52(48)66(42-21-5-2-6-22-42)54-30-28-44-46-32-38-16-8-10-18-40(38)34-56(46)68(58)62(44)60(54)64/h1-36H. The number of rotatable bonds is 2. The first-order valence-electron chi connectivity index (χ1n) is 23.8. The van der Waals surface area contributed by atoms with Gasteiger partial charge in [-0.2, -0.15) is 0 Å². The molecule has 0 atom stereocenters. The molecule has 4 aliphatic rings. The number of fused-ring (bicyclic) bond motifs is 18. The minimum absolute atomic E-state index is 0.00511. The highest BCUT2D eigenvalue weighted by Crippen LogP contribution is 2.46. The average Bonchev–Trinajstić information content (AvgIpc) is 3.90. The first-order chi connectivity index (χ1) is 33.8. The molecule has 0 spiro atoms. The number of hydrogen-bond acceptors (Lipinski definition) is 2. The van der Waals surface area contributed by atoms with Crippen molar-refractivity contribution in [3.05, 3.63) is 218 Å². The second-order valence-corrected chi connectivity index (χ2v) is 19.2. The lowest BCUT2D eigenvalue weighted by Crippen LogP contribution is -2.63. The zero-order valence-corrected chi connectivity index (χ0v) is 36.7. The predicted octanol–water partition coefficient (Wildman–Crippen LogP) is 11.4. The summed E-state index contributed by atoms with van der Waals surface area (Å²) in [4.78, 5) is 5.01. The molecule has 0 unspecified atom stereocenters. The Kier molecular flexibility index (Phi) is 6.57. The van der Waals surface area contributed by atoms with E-state index in [-0.39, 0.29) is 13.4 Å². The Morgan fingerprint density at radius 2 is 0.647 bits per heavy atom. The van der Waals surface area contributed by atoms with Crippen LogP contribution >= 0.6 is 0 Å². The number of para-hydroxylation sites is 4. The van der Waals surface area contributed by atoms with Crippen molar-refractivity contribution in [1.29, 1.82) is 0 Å². The summed E-state index contributed by atoms with van der Waals surface area (Å²) >= 11 is 0. The quantitative estimate of drug-likeness (QED) is 0.161. The molecule has 0 fully saturated rings. The van der Waals surface area contributed by atoms with Gasteiger partial charge in [0.15, 0.2) is 0 Å². The Balaban J connectivity index is 1.06. The van der Waals surface area contributed by atoms with Crippen LogP contribution in [0.1, 0.15) is 0 Å². The Hall–Kier alpha value is -8.73. The van der Waals surface area contributed by atoms with Crippen molar-refractivity contribution >= 4 is 145 Å². The van der Waals surface area contributed by atoms with Gasteiger partial charge in [0.25, 0.3) is 13.4 Å². The van der Waals surface area contributed by atoms with Crippen molar-refractivity contribution < 1.29 is 0 Å². The molecule has 310 valence electrons. The Morgan fingerprint density at radius 3 is 1.09 bits per heavy atom. The summed E-state index contributed by atoms with van der Waals surface area (Å²) in [5, 5.41) is 10.2. The highest BCUT2D eigenvalue weighted by molar-refractivity contribution is 7.02. The van der Waals surface area contributed by atoms with E-state index < -0.39 is 0 Å². The predicted molar refractivity (Wildman–Crippen MR) is 289 cm³/mol. The molecule has 6 heterocycles. The van der Waals surface area contributed by atoms with Gasteiger partial charge in [0.05, 0.1) is 22.1 Å². The van der Waals surface area contributed by atoms with Gasteiger partial charge in [-0.05, 0) is 139 Å². The fourth-order valence-corrected chi connectivity index (χ4v) is 13.3. The average molecular weight is 859 g/mol. The van der Waals surface area contributed by atoms with Crippen LogP contribution < -0.4 is 42.6 Å². The highest BCUT2D eigenvalue weighted by atomic mass is 15.2. The maximum absolute atomic E-state index is 2.66. The zero-order valence-electron chi connectivity index (χ0n) is 36.7. The Labute approximate surface area is 392 Å². The molecular weight excluding hydrogens is 822 g/mol. The third-order valence-corrected chi connectivity index (χ3v) is 16.0. The van der Waals surface area contributed by atoms with Crippen LogP contribution in [0.25, 0.3) is 76.5 Å². The fourth-order valence-electron chi connectivity index (χ4n) is 13.3. The summed E-state index contributed by atoms with van der Waals surface area (Å²) in [5.41, 5.74) is 22.9. The van der Waals surface area contributed by atoms with Crippen molar-refractivity contribution in [2.24, 2.45) is 0 Å². The third-order valence-electron chi connectivity index (χ3n) is 16.0. The van der Waals surface area contributed by atoms with Gasteiger partial charge in [-0.25, -0.2) is 0 Å². The summed E-state index contributed by atoms with van der Waals surface area (Å²) in [6, 6.07) is 82.6. The molecular formula is C62H36B2N4. The smallest absolute Gasteiger partial charge is 0.252 e. The summed E-state index contributed by atoms with van der Waals surface area (Å²) < 4.78 is 5.31. The number of nitrogens with zero attached hydrogens (tertiary/aromatic N) is 4. The Morgan fingerprint density at radius 1 is 0.265 bits per heavy atom. The van der Waals surface area contributed by atoms with E-state index in [0.29, 0.717) is 0 Å². The largest absolute Gasteiger partial charge is 0.311 e. The molecule has 0 aliphatic carbocycles. The van der Waals surface area contributed by atoms with Crippen molar-refractivity contribution in [2.45, 2.75) is 0 Å². The van der Waals surface area contributed by atoms with Crippen LogP contribution in [0.3, 0.4) is 0 Å². The van der Waals surface area contributed by atoms with Crippen LogP contribution in [-0.2, 0) is 0 Å². The first-order valence-corrected chi connectivity index (χ1v) is 23.8. The molecule has 0 saturated carbocycles. The minimum atomic E-state index is -0.00511. The van der Waals surface area contributed by atoms with Gasteiger partial charge in [-0.3, -0.25) is 0 Å². The Bertz CT molecular complexity index is 4130. The summed E-state index contributed by atoms with van der Waals surface area (Å²) in [5.74, 6) is 0. The normalized spacial score (nSPS) is 13.8. The molecule has 4 nitrogen and oxygen atoms in total. The molecule has 17 rings (SSSR count). The number of aromatic nitrogens is 2. The van der Waals surface area contributed by atoms with Crippen LogP contribution in [0.4, 0.5) is 34.1 Å². The molecule has 11 aromatic carbocycles. The maximum Gasteiger partial charge on any atom is 0.252 e. The molecule has 6 heteroatoms. The highest BCUT2D eigenvalue weighted by Gasteiger charge is 2.46.